The average molecular weight is 431 g/mol. The van der Waals surface area contributed by atoms with Crippen molar-refractivity contribution in [3.63, 3.8) is 0 Å². The molecule has 8 heteroatoms. The molecule has 1 atom stereocenters. The van der Waals surface area contributed by atoms with Crippen molar-refractivity contribution in [2.24, 2.45) is 0 Å². The quantitative estimate of drug-likeness (QED) is 0.659. The molecule has 0 radical (unpaired) electrons. The molecule has 2 amide bonds. The Morgan fingerprint density at radius 2 is 1.90 bits per heavy atom. The Bertz CT molecular complexity index is 959. The van der Waals surface area contributed by atoms with Crippen molar-refractivity contribution in [1.82, 2.24) is 10.6 Å². The summed E-state index contributed by atoms with van der Waals surface area (Å²) in [4.78, 5) is 34.4. The molecule has 0 saturated heterocycles. The van der Waals surface area contributed by atoms with Crippen LogP contribution in [0.25, 0.3) is 11.1 Å². The minimum absolute atomic E-state index is 0.153. The Balaban J connectivity index is 1.67. The first-order chi connectivity index (χ1) is 14.4. The zero-order chi connectivity index (χ0) is 21.7. The Morgan fingerprint density at radius 3 is 2.57 bits per heavy atom. The lowest BCUT2D eigenvalue weighted by Gasteiger charge is -2.14. The van der Waals surface area contributed by atoms with Gasteiger partial charge in [0.15, 0.2) is 0 Å². The average Bonchev–Trinajstić information content (AvgIpc) is 3.13. The van der Waals surface area contributed by atoms with Gasteiger partial charge in [0.25, 0.3) is 0 Å². The van der Waals surface area contributed by atoms with Gasteiger partial charge in [-0.2, -0.15) is 0 Å². The first kappa shape index (κ1) is 21.6. The van der Waals surface area contributed by atoms with Gasteiger partial charge in [0, 0.05) is 42.5 Å². The number of carbonyl (C=O) groups excluding carboxylic acids is 3. The van der Waals surface area contributed by atoms with Crippen LogP contribution in [0.2, 0.25) is 5.02 Å². The van der Waals surface area contributed by atoms with E-state index >= 15 is 0 Å². The molecular formula is C22H23ClN2O5. The molecule has 30 heavy (non-hydrogen) atoms. The maximum Gasteiger partial charge on any atom is 0.337 e. The number of hydrogen-bond acceptors (Lipinski definition) is 5. The van der Waals surface area contributed by atoms with Crippen LogP contribution in [0.5, 0.6) is 5.75 Å². The molecule has 3 rings (SSSR count). The van der Waals surface area contributed by atoms with E-state index in [4.69, 9.17) is 21.1 Å². The molecular weight excluding hydrogens is 408 g/mol. The summed E-state index contributed by atoms with van der Waals surface area (Å²) < 4.78 is 10.8. The highest BCUT2D eigenvalue weighted by Crippen LogP contribution is 2.41. The van der Waals surface area contributed by atoms with Gasteiger partial charge in [-0.15, -0.1) is 0 Å². The summed E-state index contributed by atoms with van der Waals surface area (Å²) in [5.41, 5.74) is 3.11. The number of rotatable bonds is 7. The predicted molar refractivity (Wildman–Crippen MR) is 113 cm³/mol. The molecule has 2 aromatic rings. The van der Waals surface area contributed by atoms with Gasteiger partial charge in [-0.1, -0.05) is 23.7 Å². The number of amides is 2. The molecule has 0 aliphatic carbocycles. The number of benzene rings is 2. The minimum atomic E-state index is -0.400. The van der Waals surface area contributed by atoms with E-state index in [1.165, 1.54) is 14.0 Å². The second-order valence-corrected chi connectivity index (χ2v) is 7.43. The SMILES string of the molecule is COC(=O)c1ccc(-c2cc(Cl)cc3c2O[C@H](CNC(=O)CCNC(C)=O)C3)cc1. The van der Waals surface area contributed by atoms with Gasteiger partial charge in [0.2, 0.25) is 11.8 Å². The van der Waals surface area contributed by atoms with Gasteiger partial charge in [0.05, 0.1) is 19.2 Å². The Morgan fingerprint density at radius 1 is 1.17 bits per heavy atom. The van der Waals surface area contributed by atoms with Crippen LogP contribution in [0.1, 0.15) is 29.3 Å². The third-order valence-corrected chi connectivity index (χ3v) is 4.95. The molecule has 158 valence electrons. The number of carbonyl (C=O) groups is 3. The van der Waals surface area contributed by atoms with Gasteiger partial charge in [-0.25, -0.2) is 4.79 Å². The highest BCUT2D eigenvalue weighted by Gasteiger charge is 2.27. The summed E-state index contributed by atoms with van der Waals surface area (Å²) in [5, 5.41) is 6.01. The molecule has 0 spiro atoms. The maximum absolute atomic E-state index is 11.9. The van der Waals surface area contributed by atoms with Crippen LogP contribution in [0.3, 0.4) is 0 Å². The predicted octanol–water partition coefficient (Wildman–Crippen LogP) is 2.74. The molecule has 1 aliphatic rings. The van der Waals surface area contributed by atoms with Crippen LogP contribution in [-0.4, -0.2) is 44.1 Å². The highest BCUT2D eigenvalue weighted by molar-refractivity contribution is 6.31. The fourth-order valence-corrected chi connectivity index (χ4v) is 3.54. The maximum atomic E-state index is 11.9. The molecule has 0 aromatic heterocycles. The fraction of sp³-hybridized carbons (Fsp3) is 0.318. The van der Waals surface area contributed by atoms with Crippen LogP contribution in [0, 0.1) is 0 Å². The van der Waals surface area contributed by atoms with E-state index < -0.39 is 5.97 Å². The summed E-state index contributed by atoms with van der Waals surface area (Å²) in [5.74, 6) is 0.00695. The second-order valence-electron chi connectivity index (χ2n) is 6.99. The van der Waals surface area contributed by atoms with Crippen LogP contribution in [-0.2, 0) is 20.7 Å². The number of esters is 1. The summed E-state index contributed by atoms with van der Waals surface area (Å²) in [6.07, 6.45) is 0.620. The Hall–Kier alpha value is -3.06. The molecule has 0 unspecified atom stereocenters. The zero-order valence-electron chi connectivity index (χ0n) is 16.8. The molecule has 2 aromatic carbocycles. The van der Waals surface area contributed by atoms with Crippen molar-refractivity contribution in [3.05, 3.63) is 52.5 Å². The summed E-state index contributed by atoms with van der Waals surface area (Å²) >= 11 is 6.31. The third kappa shape index (κ3) is 5.30. The highest BCUT2D eigenvalue weighted by atomic mass is 35.5. The molecule has 1 heterocycles. The summed E-state index contributed by atoms with van der Waals surface area (Å²) in [7, 11) is 1.34. The van der Waals surface area contributed by atoms with Crippen molar-refractivity contribution in [1.29, 1.82) is 0 Å². The number of halogens is 1. The van der Waals surface area contributed by atoms with Gasteiger partial charge in [-0.3, -0.25) is 9.59 Å². The number of ether oxygens (including phenoxy) is 2. The summed E-state index contributed by atoms with van der Waals surface area (Å²) in [6.45, 7) is 2.06. The molecule has 1 aliphatic heterocycles. The van der Waals surface area contributed by atoms with Gasteiger partial charge in [-0.05, 0) is 29.8 Å². The largest absolute Gasteiger partial charge is 0.487 e. The van der Waals surface area contributed by atoms with Gasteiger partial charge >= 0.3 is 5.97 Å². The van der Waals surface area contributed by atoms with Crippen molar-refractivity contribution in [3.8, 4) is 16.9 Å². The van der Waals surface area contributed by atoms with Crippen LogP contribution >= 0.6 is 11.6 Å². The van der Waals surface area contributed by atoms with Crippen LogP contribution in [0.4, 0.5) is 0 Å². The topological polar surface area (TPSA) is 93.7 Å². The standard InChI is InChI=1S/C22H23ClN2O5/c1-13(26)24-8-7-20(27)25-12-18-10-16-9-17(23)11-19(21(16)30-18)14-3-5-15(6-4-14)22(28)29-2/h3-6,9,11,18H,7-8,10,12H2,1-2H3,(H,24,26)(H,25,27)/t18-/m0/s1. The van der Waals surface area contributed by atoms with E-state index in [0.29, 0.717) is 30.1 Å². The number of fused-ring (bicyclic) bond motifs is 1. The summed E-state index contributed by atoms with van der Waals surface area (Å²) in [6, 6.07) is 10.7. The van der Waals surface area contributed by atoms with Crippen LogP contribution < -0.4 is 15.4 Å². The van der Waals surface area contributed by atoms with Crippen molar-refractivity contribution in [2.45, 2.75) is 25.9 Å². The van der Waals surface area contributed by atoms with Crippen molar-refractivity contribution >= 4 is 29.4 Å². The van der Waals surface area contributed by atoms with E-state index in [1.807, 2.05) is 24.3 Å². The van der Waals surface area contributed by atoms with E-state index in [0.717, 1.165) is 22.4 Å². The zero-order valence-corrected chi connectivity index (χ0v) is 17.5. The number of methoxy groups -OCH3 is 1. The Kier molecular flexibility index (Phi) is 6.95. The fourth-order valence-electron chi connectivity index (χ4n) is 3.29. The molecule has 0 bridgehead atoms. The molecule has 0 fully saturated rings. The first-order valence-electron chi connectivity index (χ1n) is 9.56. The van der Waals surface area contributed by atoms with E-state index in [2.05, 4.69) is 10.6 Å². The van der Waals surface area contributed by atoms with E-state index in [-0.39, 0.29) is 24.3 Å². The van der Waals surface area contributed by atoms with Crippen molar-refractivity contribution < 1.29 is 23.9 Å². The number of hydrogen-bond donors (Lipinski definition) is 2. The molecule has 2 N–H and O–H groups in total. The van der Waals surface area contributed by atoms with Crippen molar-refractivity contribution in [2.75, 3.05) is 20.2 Å². The van der Waals surface area contributed by atoms with Gasteiger partial charge < -0.3 is 20.1 Å². The second kappa shape index (κ2) is 9.63. The van der Waals surface area contributed by atoms with E-state index in [9.17, 15) is 14.4 Å². The Labute approximate surface area is 179 Å². The third-order valence-electron chi connectivity index (χ3n) is 4.73. The first-order valence-corrected chi connectivity index (χ1v) is 9.94. The van der Waals surface area contributed by atoms with Crippen LogP contribution in [0.15, 0.2) is 36.4 Å². The molecule has 7 nitrogen and oxygen atoms in total. The lowest BCUT2D eigenvalue weighted by molar-refractivity contribution is -0.121. The lowest BCUT2D eigenvalue weighted by atomic mass is 9.99. The lowest BCUT2D eigenvalue weighted by Crippen LogP contribution is -2.36. The number of nitrogens with one attached hydrogen (secondary N) is 2. The normalized spacial score (nSPS) is 14.4. The smallest absolute Gasteiger partial charge is 0.337 e. The molecule has 0 saturated carbocycles. The van der Waals surface area contributed by atoms with Gasteiger partial charge in [0.1, 0.15) is 11.9 Å². The monoisotopic (exact) mass is 430 g/mol. The minimum Gasteiger partial charge on any atom is -0.487 e. The van der Waals surface area contributed by atoms with E-state index in [1.54, 1.807) is 12.1 Å².